The molecular formula is C11H15BF6O2. The number of halogens is 6. The Balaban J connectivity index is 2.35. The lowest BCUT2D eigenvalue weighted by atomic mass is 9.65. The van der Waals surface area contributed by atoms with Gasteiger partial charge in [-0.15, -0.1) is 0 Å². The summed E-state index contributed by atoms with van der Waals surface area (Å²) in [6, 6.07) is 0. The Kier molecular flexibility index (Phi) is 3.07. The Morgan fingerprint density at radius 3 is 1.55 bits per heavy atom. The van der Waals surface area contributed by atoms with E-state index in [1.54, 1.807) is 0 Å². The third-order valence-electron chi connectivity index (χ3n) is 4.60. The van der Waals surface area contributed by atoms with Gasteiger partial charge in [0.15, 0.2) is 0 Å². The molecule has 2 aliphatic rings. The van der Waals surface area contributed by atoms with Gasteiger partial charge in [0.05, 0.1) is 17.1 Å². The normalized spacial score (nSPS) is 36.3. The van der Waals surface area contributed by atoms with E-state index in [0.717, 1.165) is 0 Å². The van der Waals surface area contributed by atoms with E-state index in [0.29, 0.717) is 0 Å². The molecule has 0 bridgehead atoms. The first-order valence-electron chi connectivity index (χ1n) is 6.14. The predicted molar refractivity (Wildman–Crippen MR) is 59.0 cm³/mol. The number of alkyl halides is 6. The van der Waals surface area contributed by atoms with Crippen molar-refractivity contribution in [2.45, 2.75) is 63.0 Å². The molecule has 0 aromatic carbocycles. The highest BCUT2D eigenvalue weighted by molar-refractivity contribution is 6.51. The summed E-state index contributed by atoms with van der Waals surface area (Å²) in [4.78, 5) is 0. The molecule has 0 radical (unpaired) electrons. The van der Waals surface area contributed by atoms with Crippen LogP contribution in [0.2, 0.25) is 5.31 Å². The van der Waals surface area contributed by atoms with Gasteiger partial charge in [0.25, 0.3) is 0 Å². The van der Waals surface area contributed by atoms with Gasteiger partial charge < -0.3 is 9.31 Å². The lowest BCUT2D eigenvalue weighted by molar-refractivity contribution is -0.191. The van der Waals surface area contributed by atoms with Crippen molar-refractivity contribution in [1.29, 1.82) is 0 Å². The third kappa shape index (κ3) is 2.04. The van der Waals surface area contributed by atoms with Crippen molar-refractivity contribution in [1.82, 2.24) is 0 Å². The summed E-state index contributed by atoms with van der Waals surface area (Å²) in [6.45, 7) is 6.01. The standard InChI is InChI=1S/C11H15BF6O2/c1-7(2)8(3,4)20-12(19-7)9(11(16,17)18)5-6(9)10(13,14)15/h6H,5H2,1-4H3. The lowest BCUT2D eigenvalue weighted by Gasteiger charge is -2.32. The highest BCUT2D eigenvalue weighted by atomic mass is 19.4. The Bertz CT molecular complexity index is 400. The maximum atomic E-state index is 13.2. The summed E-state index contributed by atoms with van der Waals surface area (Å²) in [5, 5.41) is -2.99. The van der Waals surface area contributed by atoms with E-state index >= 15 is 0 Å². The molecule has 1 saturated carbocycles. The molecule has 9 heteroatoms. The van der Waals surface area contributed by atoms with E-state index < -0.39 is 48.3 Å². The monoisotopic (exact) mass is 304 g/mol. The van der Waals surface area contributed by atoms with Crippen LogP contribution in [0, 0.1) is 5.92 Å². The Morgan fingerprint density at radius 2 is 1.30 bits per heavy atom. The third-order valence-corrected chi connectivity index (χ3v) is 4.60. The second-order valence-corrected chi connectivity index (χ2v) is 6.42. The fourth-order valence-electron chi connectivity index (χ4n) is 2.45. The molecule has 0 aromatic heterocycles. The van der Waals surface area contributed by atoms with Crippen LogP contribution >= 0.6 is 0 Å². The van der Waals surface area contributed by atoms with Crippen molar-refractivity contribution in [3.8, 4) is 0 Å². The van der Waals surface area contributed by atoms with Gasteiger partial charge in [-0.1, -0.05) is 0 Å². The van der Waals surface area contributed by atoms with Crippen molar-refractivity contribution < 1.29 is 35.7 Å². The molecule has 2 rings (SSSR count). The minimum absolute atomic E-state index is 1.04. The maximum absolute atomic E-state index is 13.2. The first kappa shape index (κ1) is 15.9. The molecule has 2 atom stereocenters. The van der Waals surface area contributed by atoms with E-state index in [-0.39, 0.29) is 0 Å². The number of hydrogen-bond acceptors (Lipinski definition) is 2. The van der Waals surface area contributed by atoms with Crippen molar-refractivity contribution in [2.75, 3.05) is 0 Å². The second-order valence-electron chi connectivity index (χ2n) is 6.42. The van der Waals surface area contributed by atoms with Crippen LogP contribution in [0.25, 0.3) is 0 Å². The quantitative estimate of drug-likeness (QED) is 0.539. The molecule has 116 valence electrons. The molecule has 1 saturated heterocycles. The van der Waals surface area contributed by atoms with E-state index in [1.165, 1.54) is 27.7 Å². The Morgan fingerprint density at radius 1 is 0.900 bits per heavy atom. The molecule has 0 amide bonds. The fraction of sp³-hybridized carbons (Fsp3) is 1.00. The molecule has 2 nitrogen and oxygen atoms in total. The first-order chi connectivity index (χ1) is 8.65. The van der Waals surface area contributed by atoms with Gasteiger partial charge in [-0.05, 0) is 34.1 Å². The van der Waals surface area contributed by atoms with E-state index in [1.807, 2.05) is 0 Å². The molecule has 2 fully saturated rings. The zero-order valence-electron chi connectivity index (χ0n) is 11.4. The van der Waals surface area contributed by atoms with E-state index in [2.05, 4.69) is 0 Å². The Labute approximate surface area is 112 Å². The van der Waals surface area contributed by atoms with Crippen LogP contribution in [-0.2, 0) is 9.31 Å². The molecule has 1 heterocycles. The topological polar surface area (TPSA) is 18.5 Å². The average Bonchev–Trinajstić information content (AvgIpc) is 2.84. The smallest absolute Gasteiger partial charge is 0.403 e. The van der Waals surface area contributed by atoms with Crippen molar-refractivity contribution >= 4 is 7.12 Å². The van der Waals surface area contributed by atoms with Crippen LogP contribution in [0.4, 0.5) is 26.3 Å². The first-order valence-corrected chi connectivity index (χ1v) is 6.14. The molecule has 0 spiro atoms. The van der Waals surface area contributed by atoms with Gasteiger partial charge in [-0.25, -0.2) is 0 Å². The van der Waals surface area contributed by atoms with E-state index in [4.69, 9.17) is 9.31 Å². The van der Waals surface area contributed by atoms with Crippen LogP contribution in [0.15, 0.2) is 0 Å². The van der Waals surface area contributed by atoms with Crippen LogP contribution in [-0.4, -0.2) is 30.7 Å². The fourth-order valence-corrected chi connectivity index (χ4v) is 2.45. The largest absolute Gasteiger partial charge is 0.474 e. The van der Waals surface area contributed by atoms with Gasteiger partial charge in [0, 0.05) is 0 Å². The molecule has 0 aromatic rings. The zero-order chi connectivity index (χ0) is 15.8. The van der Waals surface area contributed by atoms with Gasteiger partial charge in [0.2, 0.25) is 0 Å². The Hall–Kier alpha value is -0.435. The van der Waals surface area contributed by atoms with Gasteiger partial charge in [0.1, 0.15) is 5.31 Å². The lowest BCUT2D eigenvalue weighted by Crippen LogP contribution is -2.41. The van der Waals surface area contributed by atoms with Crippen LogP contribution < -0.4 is 0 Å². The molecule has 1 aliphatic heterocycles. The van der Waals surface area contributed by atoms with Crippen LogP contribution in [0.3, 0.4) is 0 Å². The summed E-state index contributed by atoms with van der Waals surface area (Å²) in [5.41, 5.74) is -2.21. The van der Waals surface area contributed by atoms with Gasteiger partial charge in [-0.2, -0.15) is 26.3 Å². The summed E-state index contributed by atoms with van der Waals surface area (Å²) >= 11 is 0. The predicted octanol–water partition coefficient (Wildman–Crippen LogP) is 3.96. The van der Waals surface area contributed by atoms with Crippen molar-refractivity contribution in [3.63, 3.8) is 0 Å². The van der Waals surface area contributed by atoms with Gasteiger partial charge >= 0.3 is 19.5 Å². The highest BCUT2D eigenvalue weighted by Crippen LogP contribution is 2.76. The van der Waals surface area contributed by atoms with Crippen molar-refractivity contribution in [2.24, 2.45) is 5.92 Å². The zero-order valence-corrected chi connectivity index (χ0v) is 11.4. The summed E-state index contributed by atoms with van der Waals surface area (Å²) in [5.74, 6) is -2.47. The van der Waals surface area contributed by atoms with Crippen LogP contribution in [0.1, 0.15) is 34.1 Å². The number of rotatable bonds is 1. The molecule has 0 N–H and O–H groups in total. The SMILES string of the molecule is CC1(C)OB(C2(C(F)(F)F)CC2C(F)(F)F)OC1(C)C. The molecular weight excluding hydrogens is 289 g/mol. The average molecular weight is 304 g/mol. The summed E-state index contributed by atoms with van der Waals surface area (Å²) < 4.78 is 88.0. The van der Waals surface area contributed by atoms with E-state index in [9.17, 15) is 26.3 Å². The minimum Gasteiger partial charge on any atom is -0.403 e. The second kappa shape index (κ2) is 3.85. The van der Waals surface area contributed by atoms with Crippen molar-refractivity contribution in [3.05, 3.63) is 0 Å². The summed E-state index contributed by atoms with van der Waals surface area (Å²) in [7, 11) is -1.93. The summed E-state index contributed by atoms with van der Waals surface area (Å²) in [6.07, 6.45) is -11.0. The molecule has 2 unspecified atom stereocenters. The maximum Gasteiger partial charge on any atom is 0.474 e. The molecule has 20 heavy (non-hydrogen) atoms. The highest BCUT2D eigenvalue weighted by Gasteiger charge is 2.86. The van der Waals surface area contributed by atoms with Crippen LogP contribution in [0.5, 0.6) is 0 Å². The number of hydrogen-bond donors (Lipinski definition) is 0. The minimum atomic E-state index is -5.03. The molecule has 1 aliphatic carbocycles. The van der Waals surface area contributed by atoms with Gasteiger partial charge in [-0.3, -0.25) is 0 Å².